The Hall–Kier alpha value is -3.15. The molecule has 2 aromatic carbocycles. The van der Waals surface area contributed by atoms with Crippen LogP contribution in [0.3, 0.4) is 0 Å². The molecule has 11 heteroatoms. The molecule has 35 heavy (non-hydrogen) atoms. The molecule has 2 aromatic heterocycles. The topological polar surface area (TPSA) is 103 Å². The van der Waals surface area contributed by atoms with Gasteiger partial charge in [-0.25, -0.2) is 22.6 Å². The van der Waals surface area contributed by atoms with E-state index in [1.165, 1.54) is 18.2 Å². The number of nitrogens with one attached hydrogen (secondary N) is 4. The van der Waals surface area contributed by atoms with Gasteiger partial charge in [-0.1, -0.05) is 0 Å². The van der Waals surface area contributed by atoms with Crippen LogP contribution in [-0.4, -0.2) is 36.7 Å². The molecule has 0 spiro atoms. The Morgan fingerprint density at radius 2 is 1.80 bits per heavy atom. The predicted molar refractivity (Wildman–Crippen MR) is 126 cm³/mol. The van der Waals surface area contributed by atoms with Crippen molar-refractivity contribution in [2.24, 2.45) is 5.92 Å². The van der Waals surface area contributed by atoms with E-state index in [0.29, 0.717) is 35.9 Å². The molecule has 4 aromatic rings. The highest BCUT2D eigenvalue weighted by molar-refractivity contribution is 7.87. The fraction of sp³-hybridized carbons (Fsp3) is 0.292. The number of hydrogen-bond donors (Lipinski definition) is 4. The molecule has 1 saturated carbocycles. The van der Waals surface area contributed by atoms with Gasteiger partial charge in [-0.3, -0.25) is 5.10 Å². The second kappa shape index (κ2) is 9.48. The monoisotopic (exact) mass is 503 g/mol. The van der Waals surface area contributed by atoms with Crippen LogP contribution in [0, 0.1) is 23.4 Å². The molecule has 1 fully saturated rings. The van der Waals surface area contributed by atoms with E-state index in [0.717, 1.165) is 17.2 Å². The summed E-state index contributed by atoms with van der Waals surface area (Å²) in [5.41, 5.74) is 3.16. The average molecular weight is 504 g/mol. The number of halogens is 3. The van der Waals surface area contributed by atoms with Gasteiger partial charge in [-0.2, -0.15) is 13.5 Å². The molecule has 0 saturated heterocycles. The number of hydrogen-bond acceptors (Lipinski definition) is 3. The minimum Gasteiger partial charge on any atom is -0.352 e. The van der Waals surface area contributed by atoms with Crippen LogP contribution in [-0.2, 0) is 16.6 Å². The summed E-state index contributed by atoms with van der Waals surface area (Å²) in [6.07, 6.45) is 5.16. The van der Waals surface area contributed by atoms with Gasteiger partial charge in [0, 0.05) is 30.7 Å². The van der Waals surface area contributed by atoms with Gasteiger partial charge in [0.2, 0.25) is 0 Å². The highest BCUT2D eigenvalue weighted by atomic mass is 32.2. The summed E-state index contributed by atoms with van der Waals surface area (Å²) in [4.78, 5) is 3.06. The van der Waals surface area contributed by atoms with E-state index in [4.69, 9.17) is 0 Å². The van der Waals surface area contributed by atoms with Crippen molar-refractivity contribution < 1.29 is 21.6 Å². The van der Waals surface area contributed by atoms with Gasteiger partial charge in [-0.15, -0.1) is 0 Å². The first-order chi connectivity index (χ1) is 16.8. The number of H-pyrrole nitrogens is 2. The summed E-state index contributed by atoms with van der Waals surface area (Å²) in [6.45, 7) is 0.504. The highest BCUT2D eigenvalue weighted by Gasteiger charge is 2.35. The minimum absolute atomic E-state index is 0.0199. The van der Waals surface area contributed by atoms with E-state index in [1.807, 2.05) is 0 Å². The van der Waals surface area contributed by atoms with Crippen molar-refractivity contribution in [3.63, 3.8) is 0 Å². The van der Waals surface area contributed by atoms with Gasteiger partial charge in [-0.05, 0) is 78.1 Å². The Bertz CT molecular complexity index is 1430. The summed E-state index contributed by atoms with van der Waals surface area (Å²) >= 11 is 0. The first-order valence-electron chi connectivity index (χ1n) is 11.3. The van der Waals surface area contributed by atoms with Gasteiger partial charge >= 0.3 is 0 Å². The molecule has 5 rings (SSSR count). The minimum atomic E-state index is -3.65. The third-order valence-electron chi connectivity index (χ3n) is 6.46. The van der Waals surface area contributed by atoms with E-state index >= 15 is 0 Å². The summed E-state index contributed by atoms with van der Waals surface area (Å²) in [6, 6.07) is 7.96. The first-order valence-corrected chi connectivity index (χ1v) is 12.8. The van der Waals surface area contributed by atoms with Crippen LogP contribution in [0.5, 0.6) is 0 Å². The lowest BCUT2D eigenvalue weighted by atomic mass is 9.70. The summed E-state index contributed by atoms with van der Waals surface area (Å²) in [7, 11) is -3.65. The van der Waals surface area contributed by atoms with E-state index in [1.54, 1.807) is 24.5 Å². The second-order valence-electron chi connectivity index (χ2n) is 8.87. The van der Waals surface area contributed by atoms with E-state index in [2.05, 4.69) is 24.6 Å². The zero-order valence-electron chi connectivity index (χ0n) is 18.6. The van der Waals surface area contributed by atoms with Crippen molar-refractivity contribution in [3.8, 4) is 11.3 Å². The number of aromatic nitrogens is 3. The molecule has 2 heterocycles. The van der Waals surface area contributed by atoms with Crippen LogP contribution < -0.4 is 9.44 Å². The molecule has 0 atom stereocenters. The molecule has 1 aliphatic carbocycles. The van der Waals surface area contributed by atoms with Gasteiger partial charge in [0.15, 0.2) is 0 Å². The molecule has 7 nitrogen and oxygen atoms in total. The number of rotatable bonds is 9. The summed E-state index contributed by atoms with van der Waals surface area (Å²) in [5.74, 6) is -1.70. The number of fused-ring (bicyclic) bond motifs is 1. The fourth-order valence-corrected chi connectivity index (χ4v) is 5.60. The molecule has 0 aliphatic heterocycles. The van der Waals surface area contributed by atoms with Crippen molar-refractivity contribution in [3.05, 3.63) is 77.4 Å². The zero-order valence-corrected chi connectivity index (χ0v) is 19.4. The van der Waals surface area contributed by atoms with Crippen molar-refractivity contribution >= 4 is 21.1 Å². The maximum absolute atomic E-state index is 14.5. The number of nitrogens with zero attached hydrogens (tertiary/aromatic N) is 1. The molecule has 4 N–H and O–H groups in total. The lowest BCUT2D eigenvalue weighted by molar-refractivity contribution is 0.267. The van der Waals surface area contributed by atoms with Crippen molar-refractivity contribution in [2.75, 3.05) is 13.1 Å². The quantitative estimate of drug-likeness (QED) is 0.276. The lowest BCUT2D eigenvalue weighted by Gasteiger charge is -2.36. The van der Waals surface area contributed by atoms with Gasteiger partial charge in [0.25, 0.3) is 10.2 Å². The van der Waals surface area contributed by atoms with Gasteiger partial charge in [0.1, 0.15) is 17.5 Å². The Kier molecular flexibility index (Phi) is 6.39. The number of benzene rings is 2. The van der Waals surface area contributed by atoms with Crippen LogP contribution in [0.4, 0.5) is 13.2 Å². The normalized spacial score (nSPS) is 18.1. The van der Waals surface area contributed by atoms with Crippen LogP contribution in [0.25, 0.3) is 22.2 Å². The lowest BCUT2D eigenvalue weighted by Crippen LogP contribution is -2.42. The van der Waals surface area contributed by atoms with Crippen LogP contribution in [0.2, 0.25) is 0 Å². The molecule has 1 aliphatic rings. The van der Waals surface area contributed by atoms with E-state index in [-0.39, 0.29) is 30.4 Å². The molecule has 0 bridgehead atoms. The van der Waals surface area contributed by atoms with Crippen molar-refractivity contribution in [1.82, 2.24) is 24.6 Å². The number of aromatic amines is 2. The molecular formula is C24H24F3N5O2S. The second-order valence-corrected chi connectivity index (χ2v) is 10.5. The maximum Gasteiger partial charge on any atom is 0.276 e. The zero-order chi connectivity index (χ0) is 24.6. The predicted octanol–water partition coefficient (Wildman–Crippen LogP) is 4.14. The standard InChI is InChI=1S/C24H24F3N5O2S/c25-18-3-1-16(2-4-18)23-22(20-9-19(26)10-21(27)24(20)32-23)17-7-15(8-17)13-31-35(33,34)30-6-5-14-11-28-29-12-14/h1-4,9-12,15,17,30-32H,5-8,13H2,(H,28,29)/t15-,17-. The van der Waals surface area contributed by atoms with Gasteiger partial charge < -0.3 is 4.98 Å². The van der Waals surface area contributed by atoms with Crippen LogP contribution in [0.15, 0.2) is 48.8 Å². The Morgan fingerprint density at radius 1 is 1.03 bits per heavy atom. The third kappa shape index (κ3) is 5.12. The molecule has 0 radical (unpaired) electrons. The highest BCUT2D eigenvalue weighted by Crippen LogP contribution is 2.48. The van der Waals surface area contributed by atoms with E-state index in [9.17, 15) is 21.6 Å². The Labute approximate surface area is 200 Å². The molecular weight excluding hydrogens is 479 g/mol. The first kappa shape index (κ1) is 23.6. The van der Waals surface area contributed by atoms with Crippen molar-refractivity contribution in [1.29, 1.82) is 0 Å². The molecule has 184 valence electrons. The molecule has 0 unspecified atom stereocenters. The summed E-state index contributed by atoms with van der Waals surface area (Å²) in [5, 5.41) is 6.95. The smallest absolute Gasteiger partial charge is 0.276 e. The molecule has 0 amide bonds. The largest absolute Gasteiger partial charge is 0.352 e. The third-order valence-corrected chi connectivity index (χ3v) is 7.59. The van der Waals surface area contributed by atoms with Gasteiger partial charge in [0.05, 0.1) is 17.4 Å². The summed E-state index contributed by atoms with van der Waals surface area (Å²) < 4.78 is 71.6. The van der Waals surface area contributed by atoms with E-state index < -0.39 is 27.7 Å². The Morgan fingerprint density at radius 3 is 2.51 bits per heavy atom. The van der Waals surface area contributed by atoms with Crippen LogP contribution in [0.1, 0.15) is 29.9 Å². The van der Waals surface area contributed by atoms with Crippen molar-refractivity contribution in [2.45, 2.75) is 25.2 Å². The van der Waals surface area contributed by atoms with Crippen LogP contribution >= 0.6 is 0 Å². The fourth-order valence-electron chi connectivity index (χ4n) is 4.67. The SMILES string of the molecule is O=S(=O)(NCCc1cn[nH]c1)NC[C@H]1C[C@H](c2c(-c3ccc(F)cc3)[nH]c3c(F)cc(F)cc32)C1. The Balaban J connectivity index is 1.27. The average Bonchev–Trinajstić information content (AvgIpc) is 3.42. The maximum atomic E-state index is 14.5.